The van der Waals surface area contributed by atoms with E-state index in [1.807, 2.05) is 0 Å². The summed E-state index contributed by atoms with van der Waals surface area (Å²) >= 11 is 5.86. The van der Waals surface area contributed by atoms with Gasteiger partial charge in [0.1, 0.15) is 0 Å². The monoisotopic (exact) mass is 217 g/mol. The first-order valence-corrected chi connectivity index (χ1v) is 6.54. The first kappa shape index (κ1) is 12.3. The Morgan fingerprint density at radius 3 is 2.43 bits per heavy atom. The van der Waals surface area contributed by atoms with E-state index in [1.165, 1.54) is 45.3 Å². The summed E-state index contributed by atoms with van der Waals surface area (Å²) < 4.78 is 0. The number of halogens is 1. The molecule has 1 rings (SSSR count). The minimum atomic E-state index is 0.790. The molecule has 0 amide bonds. The van der Waals surface area contributed by atoms with Gasteiger partial charge >= 0.3 is 0 Å². The fourth-order valence-corrected chi connectivity index (χ4v) is 2.40. The van der Waals surface area contributed by atoms with E-state index in [0.29, 0.717) is 0 Å². The van der Waals surface area contributed by atoms with Crippen LogP contribution in [-0.2, 0) is 0 Å². The van der Waals surface area contributed by atoms with Crippen LogP contribution in [0.1, 0.15) is 39.5 Å². The van der Waals surface area contributed by atoms with Gasteiger partial charge in [0.2, 0.25) is 0 Å². The maximum absolute atomic E-state index is 5.86. The van der Waals surface area contributed by atoms with Crippen LogP contribution in [0.15, 0.2) is 0 Å². The van der Waals surface area contributed by atoms with Crippen LogP contribution in [0.4, 0.5) is 0 Å². The summed E-state index contributed by atoms with van der Waals surface area (Å²) in [6, 6.07) is 0. The van der Waals surface area contributed by atoms with Gasteiger partial charge in [0.25, 0.3) is 0 Å². The SMILES string of the molecule is CC(C)CCCN1CCC(CCl)CC1. The second kappa shape index (κ2) is 6.68. The van der Waals surface area contributed by atoms with E-state index in [1.54, 1.807) is 0 Å². The molecule has 1 aliphatic heterocycles. The van der Waals surface area contributed by atoms with Crippen molar-refractivity contribution in [3.8, 4) is 0 Å². The van der Waals surface area contributed by atoms with Crippen LogP contribution in [0.5, 0.6) is 0 Å². The molecule has 1 nitrogen and oxygen atoms in total. The minimum Gasteiger partial charge on any atom is -0.303 e. The standard InChI is InChI=1S/C12H24ClN/c1-11(2)4-3-7-14-8-5-12(10-13)6-9-14/h11-12H,3-10H2,1-2H3. The number of piperidine rings is 1. The van der Waals surface area contributed by atoms with Crippen molar-refractivity contribution in [2.75, 3.05) is 25.5 Å². The second-order valence-electron chi connectivity index (χ2n) is 4.98. The van der Waals surface area contributed by atoms with E-state index in [0.717, 1.165) is 17.7 Å². The molecule has 0 spiro atoms. The van der Waals surface area contributed by atoms with Crippen molar-refractivity contribution >= 4 is 11.6 Å². The predicted molar refractivity (Wildman–Crippen MR) is 64.0 cm³/mol. The van der Waals surface area contributed by atoms with E-state index in [4.69, 9.17) is 11.6 Å². The zero-order valence-electron chi connectivity index (χ0n) is 9.64. The molecule has 1 fully saturated rings. The lowest BCUT2D eigenvalue weighted by molar-refractivity contribution is 0.188. The fraction of sp³-hybridized carbons (Fsp3) is 1.00. The van der Waals surface area contributed by atoms with Gasteiger partial charge in [-0.2, -0.15) is 0 Å². The number of hydrogen-bond donors (Lipinski definition) is 0. The highest BCUT2D eigenvalue weighted by molar-refractivity contribution is 6.18. The van der Waals surface area contributed by atoms with Crippen molar-refractivity contribution in [1.29, 1.82) is 0 Å². The van der Waals surface area contributed by atoms with Crippen LogP contribution < -0.4 is 0 Å². The lowest BCUT2D eigenvalue weighted by Gasteiger charge is -2.31. The highest BCUT2D eigenvalue weighted by atomic mass is 35.5. The van der Waals surface area contributed by atoms with Crippen LogP contribution in [0.3, 0.4) is 0 Å². The summed E-state index contributed by atoms with van der Waals surface area (Å²) in [6.45, 7) is 8.46. The van der Waals surface area contributed by atoms with Gasteiger partial charge in [-0.1, -0.05) is 13.8 Å². The van der Waals surface area contributed by atoms with E-state index < -0.39 is 0 Å². The van der Waals surface area contributed by atoms with E-state index >= 15 is 0 Å². The predicted octanol–water partition coefficient (Wildman–Crippen LogP) is 3.37. The van der Waals surface area contributed by atoms with Gasteiger partial charge in [-0.15, -0.1) is 11.6 Å². The lowest BCUT2D eigenvalue weighted by atomic mass is 9.98. The number of nitrogens with zero attached hydrogens (tertiary/aromatic N) is 1. The number of rotatable bonds is 5. The summed E-state index contributed by atoms with van der Waals surface area (Å²) in [7, 11) is 0. The molecule has 1 saturated heterocycles. The fourth-order valence-electron chi connectivity index (χ4n) is 2.09. The van der Waals surface area contributed by atoms with E-state index in [-0.39, 0.29) is 0 Å². The molecule has 0 atom stereocenters. The molecular formula is C12H24ClN. The molecule has 0 aliphatic carbocycles. The Kier molecular flexibility index (Phi) is 5.88. The highest BCUT2D eigenvalue weighted by Crippen LogP contribution is 2.18. The third-order valence-corrected chi connectivity index (χ3v) is 3.62. The van der Waals surface area contributed by atoms with Gasteiger partial charge < -0.3 is 4.90 Å². The molecule has 1 aliphatic rings. The molecule has 1 heterocycles. The van der Waals surface area contributed by atoms with Crippen molar-refractivity contribution in [2.45, 2.75) is 39.5 Å². The minimum absolute atomic E-state index is 0.790. The van der Waals surface area contributed by atoms with Crippen molar-refractivity contribution in [2.24, 2.45) is 11.8 Å². The number of hydrogen-bond acceptors (Lipinski definition) is 1. The Balaban J connectivity index is 2.04. The van der Waals surface area contributed by atoms with E-state index in [9.17, 15) is 0 Å². The van der Waals surface area contributed by atoms with Crippen LogP contribution in [-0.4, -0.2) is 30.4 Å². The molecule has 2 heteroatoms. The van der Waals surface area contributed by atoms with Crippen LogP contribution >= 0.6 is 11.6 Å². The van der Waals surface area contributed by atoms with Crippen molar-refractivity contribution in [3.05, 3.63) is 0 Å². The van der Waals surface area contributed by atoms with Crippen LogP contribution in [0.2, 0.25) is 0 Å². The second-order valence-corrected chi connectivity index (χ2v) is 5.28. The molecule has 84 valence electrons. The normalized spacial score (nSPS) is 20.6. The molecule has 0 aromatic carbocycles. The number of likely N-dealkylation sites (tertiary alicyclic amines) is 1. The van der Waals surface area contributed by atoms with Crippen LogP contribution in [0.25, 0.3) is 0 Å². The summed E-state index contributed by atoms with van der Waals surface area (Å²) in [4.78, 5) is 2.60. The van der Waals surface area contributed by atoms with Gasteiger partial charge in [0.05, 0.1) is 0 Å². The average Bonchev–Trinajstić information content (AvgIpc) is 2.18. The van der Waals surface area contributed by atoms with Gasteiger partial charge in [-0.05, 0) is 57.2 Å². The largest absolute Gasteiger partial charge is 0.303 e. The molecule has 0 radical (unpaired) electrons. The molecule has 0 aromatic rings. The zero-order chi connectivity index (χ0) is 10.4. The topological polar surface area (TPSA) is 3.24 Å². The molecule has 14 heavy (non-hydrogen) atoms. The Morgan fingerprint density at radius 1 is 1.29 bits per heavy atom. The first-order chi connectivity index (χ1) is 6.72. The van der Waals surface area contributed by atoms with Crippen molar-refractivity contribution in [3.63, 3.8) is 0 Å². The Hall–Kier alpha value is 0.250. The molecular weight excluding hydrogens is 194 g/mol. The number of alkyl halides is 1. The molecule has 0 N–H and O–H groups in total. The lowest BCUT2D eigenvalue weighted by Crippen LogP contribution is -2.34. The van der Waals surface area contributed by atoms with Gasteiger partial charge in [-0.25, -0.2) is 0 Å². The third-order valence-electron chi connectivity index (χ3n) is 3.18. The van der Waals surface area contributed by atoms with Crippen molar-refractivity contribution < 1.29 is 0 Å². The Labute approximate surface area is 93.8 Å². The van der Waals surface area contributed by atoms with Gasteiger partial charge in [0.15, 0.2) is 0 Å². The molecule has 0 bridgehead atoms. The quantitative estimate of drug-likeness (QED) is 0.639. The third kappa shape index (κ3) is 4.65. The van der Waals surface area contributed by atoms with Gasteiger partial charge in [-0.3, -0.25) is 0 Å². The first-order valence-electron chi connectivity index (χ1n) is 6.00. The molecule has 0 unspecified atom stereocenters. The van der Waals surface area contributed by atoms with Crippen LogP contribution in [0, 0.1) is 11.8 Å². The zero-order valence-corrected chi connectivity index (χ0v) is 10.4. The highest BCUT2D eigenvalue weighted by Gasteiger charge is 2.17. The average molecular weight is 218 g/mol. The maximum atomic E-state index is 5.86. The maximum Gasteiger partial charge on any atom is 0.0252 e. The summed E-state index contributed by atoms with van der Waals surface area (Å²) in [6.07, 6.45) is 5.36. The molecule has 0 aromatic heterocycles. The summed E-state index contributed by atoms with van der Waals surface area (Å²) in [5, 5.41) is 0. The van der Waals surface area contributed by atoms with E-state index in [2.05, 4.69) is 18.7 Å². The summed E-state index contributed by atoms with van der Waals surface area (Å²) in [5.74, 6) is 2.51. The molecule has 0 saturated carbocycles. The smallest absolute Gasteiger partial charge is 0.0252 e. The van der Waals surface area contributed by atoms with Gasteiger partial charge in [0, 0.05) is 5.88 Å². The Bertz CT molecular complexity index is 139. The Morgan fingerprint density at radius 2 is 1.93 bits per heavy atom. The van der Waals surface area contributed by atoms with Crippen molar-refractivity contribution in [1.82, 2.24) is 4.90 Å². The summed E-state index contributed by atoms with van der Waals surface area (Å²) in [5.41, 5.74) is 0.